The van der Waals surface area contributed by atoms with Crippen LogP contribution in [0.2, 0.25) is 0 Å². The Hall–Kier alpha value is -1.88. The molecule has 1 aliphatic heterocycles. The molecule has 23 heavy (non-hydrogen) atoms. The molecule has 0 radical (unpaired) electrons. The van der Waals surface area contributed by atoms with Gasteiger partial charge in [0.15, 0.2) is 0 Å². The van der Waals surface area contributed by atoms with Gasteiger partial charge < -0.3 is 15.5 Å². The summed E-state index contributed by atoms with van der Waals surface area (Å²) < 4.78 is 0. The molecule has 1 aliphatic rings. The highest BCUT2D eigenvalue weighted by Crippen LogP contribution is 2.27. The number of likely N-dealkylation sites (N-methyl/N-ethyl adjacent to an activating group) is 1. The summed E-state index contributed by atoms with van der Waals surface area (Å²) in [4.78, 5) is 28.2. The minimum Gasteiger partial charge on any atom is -0.341 e. The SMILES string of the molecule is CCCc1ccc(N2CC(C(=O)N(C)C(C)CN)CC2=O)cc1. The van der Waals surface area contributed by atoms with Crippen molar-refractivity contribution in [2.75, 3.05) is 25.0 Å². The topological polar surface area (TPSA) is 66.6 Å². The summed E-state index contributed by atoms with van der Waals surface area (Å²) >= 11 is 0. The second kappa shape index (κ2) is 7.59. The third-order valence-corrected chi connectivity index (χ3v) is 4.61. The number of benzene rings is 1. The molecule has 0 aliphatic carbocycles. The number of amides is 2. The quantitative estimate of drug-likeness (QED) is 0.870. The largest absolute Gasteiger partial charge is 0.341 e. The Morgan fingerprint density at radius 1 is 1.39 bits per heavy atom. The van der Waals surface area contributed by atoms with E-state index in [1.807, 2.05) is 19.1 Å². The van der Waals surface area contributed by atoms with E-state index in [4.69, 9.17) is 5.73 Å². The fraction of sp³-hybridized carbons (Fsp3) is 0.556. The summed E-state index contributed by atoms with van der Waals surface area (Å²) in [6, 6.07) is 8.05. The standard InChI is InChI=1S/C18H27N3O2/c1-4-5-14-6-8-16(9-7-14)21-12-15(10-17(21)22)18(23)20(3)13(2)11-19/h6-9,13,15H,4-5,10-12,19H2,1-3H3. The molecule has 0 saturated carbocycles. The number of carbonyl (C=O) groups is 2. The number of carbonyl (C=O) groups excluding carboxylic acids is 2. The van der Waals surface area contributed by atoms with Crippen LogP contribution in [0.25, 0.3) is 0 Å². The van der Waals surface area contributed by atoms with Gasteiger partial charge in [0.05, 0.1) is 5.92 Å². The van der Waals surface area contributed by atoms with Crippen LogP contribution in [-0.2, 0) is 16.0 Å². The maximum absolute atomic E-state index is 12.5. The highest BCUT2D eigenvalue weighted by Gasteiger charge is 2.37. The fourth-order valence-electron chi connectivity index (χ4n) is 2.92. The normalized spacial score (nSPS) is 19.0. The van der Waals surface area contributed by atoms with Crippen molar-refractivity contribution in [3.63, 3.8) is 0 Å². The highest BCUT2D eigenvalue weighted by atomic mass is 16.2. The number of rotatable bonds is 6. The Morgan fingerprint density at radius 2 is 2.04 bits per heavy atom. The number of nitrogens with two attached hydrogens (primary N) is 1. The van der Waals surface area contributed by atoms with E-state index in [-0.39, 0.29) is 30.2 Å². The Kier molecular flexibility index (Phi) is 5.77. The zero-order valence-electron chi connectivity index (χ0n) is 14.3. The predicted molar refractivity (Wildman–Crippen MR) is 92.2 cm³/mol. The van der Waals surface area contributed by atoms with E-state index in [9.17, 15) is 9.59 Å². The number of aryl methyl sites for hydroxylation is 1. The third kappa shape index (κ3) is 3.91. The summed E-state index contributed by atoms with van der Waals surface area (Å²) in [6.45, 7) is 4.93. The maximum atomic E-state index is 12.5. The molecule has 1 saturated heterocycles. The molecule has 0 bridgehead atoms. The van der Waals surface area contributed by atoms with Crippen molar-refractivity contribution in [1.29, 1.82) is 0 Å². The molecule has 2 rings (SSSR count). The Labute approximate surface area is 138 Å². The smallest absolute Gasteiger partial charge is 0.228 e. The molecule has 2 amide bonds. The van der Waals surface area contributed by atoms with E-state index in [2.05, 4.69) is 19.1 Å². The van der Waals surface area contributed by atoms with Crippen molar-refractivity contribution < 1.29 is 9.59 Å². The highest BCUT2D eigenvalue weighted by molar-refractivity contribution is 6.00. The van der Waals surface area contributed by atoms with E-state index < -0.39 is 0 Å². The van der Waals surface area contributed by atoms with Crippen LogP contribution in [0.5, 0.6) is 0 Å². The van der Waals surface area contributed by atoms with Gasteiger partial charge in [0.1, 0.15) is 0 Å². The summed E-state index contributed by atoms with van der Waals surface area (Å²) in [6.07, 6.45) is 2.42. The van der Waals surface area contributed by atoms with E-state index in [1.165, 1.54) is 5.56 Å². The lowest BCUT2D eigenvalue weighted by Crippen LogP contribution is -2.43. The van der Waals surface area contributed by atoms with Crippen LogP contribution in [0.1, 0.15) is 32.3 Å². The van der Waals surface area contributed by atoms with Gasteiger partial charge in [0.25, 0.3) is 0 Å². The van der Waals surface area contributed by atoms with Crippen molar-refractivity contribution in [2.24, 2.45) is 11.7 Å². The summed E-state index contributed by atoms with van der Waals surface area (Å²) in [7, 11) is 1.76. The molecule has 5 nitrogen and oxygen atoms in total. The summed E-state index contributed by atoms with van der Waals surface area (Å²) in [5, 5.41) is 0. The van der Waals surface area contributed by atoms with Crippen LogP contribution in [0.15, 0.2) is 24.3 Å². The Balaban J connectivity index is 2.06. The van der Waals surface area contributed by atoms with Crippen molar-refractivity contribution >= 4 is 17.5 Å². The van der Waals surface area contributed by atoms with Gasteiger partial charge in [-0.15, -0.1) is 0 Å². The average Bonchev–Trinajstić information content (AvgIpc) is 2.95. The van der Waals surface area contributed by atoms with Gasteiger partial charge in [-0.2, -0.15) is 0 Å². The summed E-state index contributed by atoms with van der Waals surface area (Å²) in [5.41, 5.74) is 7.77. The Morgan fingerprint density at radius 3 is 2.61 bits per heavy atom. The molecular formula is C18H27N3O2. The molecule has 1 aromatic rings. The maximum Gasteiger partial charge on any atom is 0.228 e. The number of hydrogen-bond donors (Lipinski definition) is 1. The number of anilines is 1. The van der Waals surface area contributed by atoms with Crippen molar-refractivity contribution in [3.8, 4) is 0 Å². The van der Waals surface area contributed by atoms with Gasteiger partial charge >= 0.3 is 0 Å². The van der Waals surface area contributed by atoms with Crippen LogP contribution < -0.4 is 10.6 Å². The zero-order valence-corrected chi connectivity index (χ0v) is 14.3. The van der Waals surface area contributed by atoms with Crippen molar-refractivity contribution in [3.05, 3.63) is 29.8 Å². The molecule has 1 heterocycles. The second-order valence-electron chi connectivity index (χ2n) is 6.36. The fourth-order valence-corrected chi connectivity index (χ4v) is 2.92. The predicted octanol–water partition coefficient (Wildman–Crippen LogP) is 1.80. The van der Waals surface area contributed by atoms with Crippen LogP contribution in [0, 0.1) is 5.92 Å². The molecule has 0 spiro atoms. The lowest BCUT2D eigenvalue weighted by Gasteiger charge is -2.26. The van der Waals surface area contributed by atoms with Crippen LogP contribution in [-0.4, -0.2) is 42.9 Å². The molecule has 1 aromatic carbocycles. The first-order chi connectivity index (χ1) is 11.0. The van der Waals surface area contributed by atoms with Crippen LogP contribution in [0.3, 0.4) is 0 Å². The van der Waals surface area contributed by atoms with E-state index in [1.54, 1.807) is 16.8 Å². The first-order valence-electron chi connectivity index (χ1n) is 8.34. The molecule has 5 heteroatoms. The first kappa shape index (κ1) is 17.5. The third-order valence-electron chi connectivity index (χ3n) is 4.61. The van der Waals surface area contributed by atoms with Crippen LogP contribution in [0.4, 0.5) is 5.69 Å². The van der Waals surface area contributed by atoms with Gasteiger partial charge in [0, 0.05) is 38.3 Å². The van der Waals surface area contributed by atoms with Gasteiger partial charge in [0.2, 0.25) is 11.8 Å². The summed E-state index contributed by atoms with van der Waals surface area (Å²) in [5.74, 6) is -0.265. The average molecular weight is 317 g/mol. The number of hydrogen-bond acceptors (Lipinski definition) is 3. The van der Waals surface area contributed by atoms with Gasteiger partial charge in [-0.25, -0.2) is 0 Å². The Bertz CT molecular complexity index is 556. The lowest BCUT2D eigenvalue weighted by atomic mass is 10.1. The molecule has 126 valence electrons. The first-order valence-corrected chi connectivity index (χ1v) is 8.34. The van der Waals surface area contributed by atoms with Gasteiger partial charge in [-0.3, -0.25) is 9.59 Å². The second-order valence-corrected chi connectivity index (χ2v) is 6.36. The number of nitrogens with zero attached hydrogens (tertiary/aromatic N) is 2. The monoisotopic (exact) mass is 317 g/mol. The minimum absolute atomic E-state index is 0.00130. The molecule has 2 N–H and O–H groups in total. The van der Waals surface area contributed by atoms with E-state index >= 15 is 0 Å². The van der Waals surface area contributed by atoms with E-state index in [0.29, 0.717) is 13.1 Å². The van der Waals surface area contributed by atoms with Crippen molar-refractivity contribution in [2.45, 2.75) is 39.2 Å². The molecular weight excluding hydrogens is 290 g/mol. The lowest BCUT2D eigenvalue weighted by molar-refractivity contribution is -0.136. The zero-order chi connectivity index (χ0) is 17.0. The van der Waals surface area contributed by atoms with Crippen molar-refractivity contribution in [1.82, 2.24) is 4.90 Å². The van der Waals surface area contributed by atoms with Gasteiger partial charge in [-0.1, -0.05) is 25.5 Å². The van der Waals surface area contributed by atoms with Gasteiger partial charge in [-0.05, 0) is 31.0 Å². The molecule has 0 aromatic heterocycles. The van der Waals surface area contributed by atoms with E-state index in [0.717, 1.165) is 18.5 Å². The minimum atomic E-state index is -0.281. The molecule has 2 unspecified atom stereocenters. The molecule has 2 atom stereocenters. The van der Waals surface area contributed by atoms with Crippen LogP contribution >= 0.6 is 0 Å². The molecule has 1 fully saturated rings.